The van der Waals surface area contributed by atoms with Gasteiger partial charge in [0.1, 0.15) is 12.4 Å². The van der Waals surface area contributed by atoms with E-state index in [4.69, 9.17) is 4.74 Å². The average molecular weight is 319 g/mol. The van der Waals surface area contributed by atoms with Gasteiger partial charge in [-0.15, -0.1) is 5.10 Å². The summed E-state index contributed by atoms with van der Waals surface area (Å²) in [5.41, 5.74) is 0.653. The maximum absolute atomic E-state index is 12.5. The van der Waals surface area contributed by atoms with E-state index in [-0.39, 0.29) is 12.5 Å². The van der Waals surface area contributed by atoms with Crippen molar-refractivity contribution >= 4 is 17.7 Å². The molecule has 3 rings (SSSR count). The summed E-state index contributed by atoms with van der Waals surface area (Å²) < 4.78 is 7.23. The average Bonchev–Trinajstić information content (AvgIpc) is 2.98. The molecule has 0 spiro atoms. The van der Waals surface area contributed by atoms with Gasteiger partial charge in [0.05, 0.1) is 0 Å². The Morgan fingerprint density at radius 2 is 2.18 bits per heavy atom. The zero-order valence-electron chi connectivity index (χ0n) is 12.3. The molecule has 1 saturated heterocycles. The van der Waals surface area contributed by atoms with Gasteiger partial charge in [0.25, 0.3) is 5.91 Å². The number of aromatic nitrogens is 4. The number of carbonyl (C=O) groups is 1. The highest BCUT2D eigenvalue weighted by Gasteiger charge is 2.18. The molecule has 0 atom stereocenters. The van der Waals surface area contributed by atoms with Gasteiger partial charge in [-0.1, -0.05) is 6.07 Å². The Bertz CT molecular complexity index is 654. The Labute approximate surface area is 132 Å². The second-order valence-corrected chi connectivity index (χ2v) is 6.16. The van der Waals surface area contributed by atoms with Crippen LogP contribution < -0.4 is 4.74 Å². The highest BCUT2D eigenvalue weighted by Crippen LogP contribution is 2.18. The molecule has 0 aliphatic carbocycles. The number of hydrogen-bond acceptors (Lipinski definition) is 6. The first-order valence-corrected chi connectivity index (χ1v) is 8.20. The molecule has 116 valence electrons. The van der Waals surface area contributed by atoms with Crippen molar-refractivity contribution in [2.24, 2.45) is 7.05 Å². The Kier molecular flexibility index (Phi) is 4.57. The van der Waals surface area contributed by atoms with Crippen LogP contribution in [0.25, 0.3) is 0 Å². The van der Waals surface area contributed by atoms with Gasteiger partial charge < -0.3 is 9.64 Å². The molecule has 7 nitrogen and oxygen atoms in total. The lowest BCUT2D eigenvalue weighted by Gasteiger charge is -2.26. The Morgan fingerprint density at radius 3 is 2.91 bits per heavy atom. The number of amides is 1. The van der Waals surface area contributed by atoms with E-state index in [0.29, 0.717) is 17.1 Å². The van der Waals surface area contributed by atoms with Gasteiger partial charge >= 0.3 is 0 Å². The molecule has 8 heteroatoms. The van der Waals surface area contributed by atoms with Gasteiger partial charge in [0, 0.05) is 37.2 Å². The number of benzene rings is 1. The van der Waals surface area contributed by atoms with Gasteiger partial charge in [-0.05, 0) is 28.6 Å². The number of hydrogen-bond donors (Lipinski definition) is 0. The standard InChI is InChI=1S/C14H17N5O2S/c1-18-13(15-16-17-18)10-21-12-4-2-3-11(9-12)14(20)19-5-7-22-8-6-19/h2-4,9H,5-8,10H2,1H3. The zero-order chi connectivity index (χ0) is 15.4. The minimum Gasteiger partial charge on any atom is -0.486 e. The topological polar surface area (TPSA) is 73.1 Å². The van der Waals surface area contributed by atoms with Crippen LogP contribution in [0.1, 0.15) is 16.2 Å². The molecule has 1 aliphatic rings. The molecule has 0 N–H and O–H groups in total. The van der Waals surface area contributed by atoms with E-state index < -0.39 is 0 Å². The number of thioether (sulfide) groups is 1. The molecule has 1 fully saturated rings. The van der Waals surface area contributed by atoms with E-state index in [9.17, 15) is 4.79 Å². The first kappa shape index (κ1) is 14.8. The number of rotatable bonds is 4. The van der Waals surface area contributed by atoms with Crippen molar-refractivity contribution in [3.05, 3.63) is 35.7 Å². The molecule has 2 heterocycles. The molecule has 22 heavy (non-hydrogen) atoms. The number of carbonyl (C=O) groups excluding carboxylic acids is 1. The third kappa shape index (κ3) is 3.38. The van der Waals surface area contributed by atoms with Crippen LogP contribution in [-0.4, -0.2) is 55.6 Å². The predicted molar refractivity (Wildman–Crippen MR) is 82.8 cm³/mol. The van der Waals surface area contributed by atoms with E-state index in [2.05, 4.69) is 15.5 Å². The van der Waals surface area contributed by atoms with Crippen molar-refractivity contribution in [3.8, 4) is 5.75 Å². The van der Waals surface area contributed by atoms with Crippen LogP contribution in [0.2, 0.25) is 0 Å². The first-order valence-electron chi connectivity index (χ1n) is 7.05. The second-order valence-electron chi connectivity index (χ2n) is 4.94. The molecular weight excluding hydrogens is 302 g/mol. The van der Waals surface area contributed by atoms with Crippen LogP contribution in [-0.2, 0) is 13.7 Å². The minimum absolute atomic E-state index is 0.0612. The molecule has 0 unspecified atom stereocenters. The van der Waals surface area contributed by atoms with Crippen molar-refractivity contribution in [3.63, 3.8) is 0 Å². The Morgan fingerprint density at radius 1 is 1.36 bits per heavy atom. The lowest BCUT2D eigenvalue weighted by Crippen LogP contribution is -2.37. The van der Waals surface area contributed by atoms with E-state index in [1.165, 1.54) is 0 Å². The second kappa shape index (κ2) is 6.78. The van der Waals surface area contributed by atoms with Gasteiger partial charge in [0.15, 0.2) is 5.82 Å². The monoisotopic (exact) mass is 319 g/mol. The van der Waals surface area contributed by atoms with Crippen LogP contribution in [0.15, 0.2) is 24.3 Å². The summed E-state index contributed by atoms with van der Waals surface area (Å²) in [5, 5.41) is 11.2. The van der Waals surface area contributed by atoms with Crippen LogP contribution in [0, 0.1) is 0 Å². The molecule has 0 radical (unpaired) electrons. The van der Waals surface area contributed by atoms with Crippen molar-refractivity contribution < 1.29 is 9.53 Å². The molecule has 1 amide bonds. The first-order chi connectivity index (χ1) is 10.7. The van der Waals surface area contributed by atoms with Crippen molar-refractivity contribution in [1.29, 1.82) is 0 Å². The van der Waals surface area contributed by atoms with E-state index in [0.717, 1.165) is 24.6 Å². The van der Waals surface area contributed by atoms with Gasteiger partial charge in [-0.3, -0.25) is 4.79 Å². The van der Waals surface area contributed by atoms with E-state index in [1.54, 1.807) is 17.8 Å². The minimum atomic E-state index is 0.0612. The third-order valence-corrected chi connectivity index (χ3v) is 4.40. The maximum atomic E-state index is 12.5. The fourth-order valence-corrected chi connectivity index (χ4v) is 3.09. The normalized spacial score (nSPS) is 14.9. The fraction of sp³-hybridized carbons (Fsp3) is 0.429. The van der Waals surface area contributed by atoms with Crippen LogP contribution in [0.4, 0.5) is 0 Å². The molecule has 0 bridgehead atoms. The molecule has 2 aromatic rings. The van der Waals surface area contributed by atoms with Crippen molar-refractivity contribution in [1.82, 2.24) is 25.1 Å². The number of tetrazole rings is 1. The summed E-state index contributed by atoms with van der Waals surface area (Å²) in [6, 6.07) is 7.25. The summed E-state index contributed by atoms with van der Waals surface area (Å²) >= 11 is 1.88. The summed E-state index contributed by atoms with van der Waals surface area (Å²) in [5.74, 6) is 3.33. The molecule has 1 aromatic heterocycles. The van der Waals surface area contributed by atoms with E-state index in [1.807, 2.05) is 34.9 Å². The molecule has 1 aromatic carbocycles. The molecule has 0 saturated carbocycles. The van der Waals surface area contributed by atoms with Crippen molar-refractivity contribution in [2.75, 3.05) is 24.6 Å². The Balaban J connectivity index is 1.66. The summed E-state index contributed by atoms with van der Waals surface area (Å²) in [4.78, 5) is 14.4. The predicted octanol–water partition coefficient (Wildman–Crippen LogP) is 0.978. The highest BCUT2D eigenvalue weighted by atomic mass is 32.2. The highest BCUT2D eigenvalue weighted by molar-refractivity contribution is 7.99. The number of ether oxygens (including phenoxy) is 1. The summed E-state index contributed by atoms with van der Waals surface area (Å²) in [7, 11) is 1.76. The smallest absolute Gasteiger partial charge is 0.254 e. The lowest BCUT2D eigenvalue weighted by atomic mass is 10.2. The SMILES string of the molecule is Cn1nnnc1COc1cccc(C(=O)N2CCSCC2)c1. The molecule has 1 aliphatic heterocycles. The van der Waals surface area contributed by atoms with Crippen molar-refractivity contribution in [2.45, 2.75) is 6.61 Å². The quantitative estimate of drug-likeness (QED) is 0.836. The van der Waals surface area contributed by atoms with Gasteiger partial charge in [0.2, 0.25) is 0 Å². The number of nitrogens with zero attached hydrogens (tertiary/aromatic N) is 5. The Hall–Kier alpha value is -2.09. The number of aryl methyl sites for hydroxylation is 1. The largest absolute Gasteiger partial charge is 0.486 e. The third-order valence-electron chi connectivity index (χ3n) is 3.46. The zero-order valence-corrected chi connectivity index (χ0v) is 13.1. The molecular formula is C14H17N5O2S. The van der Waals surface area contributed by atoms with Gasteiger partial charge in [-0.25, -0.2) is 4.68 Å². The van der Waals surface area contributed by atoms with Crippen LogP contribution in [0.3, 0.4) is 0 Å². The maximum Gasteiger partial charge on any atom is 0.254 e. The fourth-order valence-electron chi connectivity index (χ4n) is 2.19. The summed E-state index contributed by atoms with van der Waals surface area (Å²) in [6.07, 6.45) is 0. The van der Waals surface area contributed by atoms with Crippen LogP contribution >= 0.6 is 11.8 Å². The lowest BCUT2D eigenvalue weighted by molar-refractivity contribution is 0.0772. The van der Waals surface area contributed by atoms with Gasteiger partial charge in [-0.2, -0.15) is 11.8 Å². The van der Waals surface area contributed by atoms with Crippen LogP contribution in [0.5, 0.6) is 5.75 Å². The van der Waals surface area contributed by atoms with E-state index >= 15 is 0 Å². The summed E-state index contributed by atoms with van der Waals surface area (Å²) in [6.45, 7) is 1.87.